The van der Waals surface area contributed by atoms with Crippen LogP contribution in [0, 0.1) is 6.92 Å². The van der Waals surface area contributed by atoms with Crippen LogP contribution in [0.4, 0.5) is 0 Å². The van der Waals surface area contributed by atoms with Crippen LogP contribution in [0.3, 0.4) is 0 Å². The van der Waals surface area contributed by atoms with Gasteiger partial charge in [0.15, 0.2) is 0 Å². The Balaban J connectivity index is 0.00000576. The molecule has 1 atom stereocenters. The van der Waals surface area contributed by atoms with E-state index in [0.29, 0.717) is 5.75 Å². The number of ether oxygens (including phenoxy) is 3. The molecule has 1 aromatic carbocycles. The summed E-state index contributed by atoms with van der Waals surface area (Å²) in [5, 5.41) is 10.2. The van der Waals surface area contributed by atoms with Gasteiger partial charge in [-0.2, -0.15) is 0 Å². The zero-order chi connectivity index (χ0) is 18.2. The number of para-hydroxylation sites is 1. The smallest absolute Gasteiger partial charge is 0.337 e. The Hall–Kier alpha value is -1.83. The zero-order valence-corrected chi connectivity index (χ0v) is 15.5. The van der Waals surface area contributed by atoms with Gasteiger partial charge in [0.1, 0.15) is 12.4 Å². The number of aliphatic hydroxyl groups excluding tert-OH is 1. The van der Waals surface area contributed by atoms with Crippen LogP contribution < -0.4 is 10.5 Å². The number of rotatable bonds is 9. The maximum atomic E-state index is 12.0. The Labute approximate surface area is 153 Å². The second-order valence-corrected chi connectivity index (χ2v) is 5.35. The summed E-state index contributed by atoms with van der Waals surface area (Å²) in [6.07, 6.45) is -1.51. The van der Waals surface area contributed by atoms with E-state index in [2.05, 4.69) is 0 Å². The summed E-state index contributed by atoms with van der Waals surface area (Å²) in [7, 11) is 0. The lowest BCUT2D eigenvalue weighted by molar-refractivity contribution is -0.166. The molecule has 7 nitrogen and oxygen atoms in total. The van der Waals surface area contributed by atoms with E-state index in [1.54, 1.807) is 26.0 Å². The first-order valence-corrected chi connectivity index (χ1v) is 7.85. The first kappa shape index (κ1) is 23.2. The molecule has 25 heavy (non-hydrogen) atoms. The summed E-state index contributed by atoms with van der Waals surface area (Å²) >= 11 is 0. The van der Waals surface area contributed by atoms with E-state index >= 15 is 0 Å². The predicted octanol–water partition coefficient (Wildman–Crippen LogP) is 1.37. The minimum atomic E-state index is -2.07. The highest BCUT2D eigenvalue weighted by Crippen LogP contribution is 2.19. The normalized spacial score (nSPS) is 11.9. The van der Waals surface area contributed by atoms with Crippen molar-refractivity contribution in [1.82, 2.24) is 0 Å². The van der Waals surface area contributed by atoms with Gasteiger partial charge < -0.3 is 25.1 Å². The van der Waals surface area contributed by atoms with Gasteiger partial charge in [-0.3, -0.25) is 0 Å². The molecule has 0 aliphatic heterocycles. The molecule has 0 radical (unpaired) electrons. The number of nitrogens with two attached hydrogens (primary N) is 1. The van der Waals surface area contributed by atoms with Crippen LogP contribution in [-0.4, -0.2) is 48.5 Å². The van der Waals surface area contributed by atoms with Crippen LogP contribution in [0.15, 0.2) is 24.3 Å². The Morgan fingerprint density at radius 3 is 2.16 bits per heavy atom. The molecular formula is C17H26ClNO6. The highest BCUT2D eigenvalue weighted by Gasteiger charge is 2.46. The number of aliphatic hydroxyl groups is 1. The van der Waals surface area contributed by atoms with Crippen molar-refractivity contribution >= 4 is 24.3 Å². The standard InChI is InChI=1S/C17H25NO6.ClH/c1-4-22-15(20)17(18,16(21)23-5-2)10-13(19)11-24-14-9-7-6-8-12(14)3;/h6-9,13,19H,4-5,10-11,18H2,1-3H3;1H. The average molecular weight is 376 g/mol. The molecule has 0 aromatic heterocycles. The Morgan fingerprint density at radius 2 is 1.68 bits per heavy atom. The zero-order valence-electron chi connectivity index (χ0n) is 14.7. The highest BCUT2D eigenvalue weighted by atomic mass is 35.5. The molecule has 0 spiro atoms. The van der Waals surface area contributed by atoms with E-state index in [1.165, 1.54) is 0 Å². The Morgan fingerprint density at radius 1 is 1.16 bits per heavy atom. The third kappa shape index (κ3) is 6.53. The number of hydrogen-bond donors (Lipinski definition) is 2. The van der Waals surface area contributed by atoms with Crippen molar-refractivity contribution in [3.63, 3.8) is 0 Å². The molecule has 0 amide bonds. The molecule has 0 heterocycles. The first-order valence-electron chi connectivity index (χ1n) is 7.85. The van der Waals surface area contributed by atoms with E-state index in [1.807, 2.05) is 19.1 Å². The van der Waals surface area contributed by atoms with Crippen LogP contribution in [0.2, 0.25) is 0 Å². The average Bonchev–Trinajstić information content (AvgIpc) is 2.54. The predicted molar refractivity (Wildman–Crippen MR) is 94.7 cm³/mol. The summed E-state index contributed by atoms with van der Waals surface area (Å²) < 4.78 is 15.2. The fraction of sp³-hybridized carbons (Fsp3) is 0.529. The van der Waals surface area contributed by atoms with Crippen LogP contribution >= 0.6 is 12.4 Å². The molecule has 142 valence electrons. The number of aryl methyl sites for hydroxylation is 1. The molecule has 0 saturated heterocycles. The van der Waals surface area contributed by atoms with Gasteiger partial charge in [-0.1, -0.05) is 18.2 Å². The molecule has 0 bridgehead atoms. The quantitative estimate of drug-likeness (QED) is 0.495. The van der Waals surface area contributed by atoms with E-state index in [-0.39, 0.29) is 38.6 Å². The summed E-state index contributed by atoms with van der Waals surface area (Å²) in [6, 6.07) is 7.30. The van der Waals surface area contributed by atoms with E-state index in [0.717, 1.165) is 5.56 Å². The van der Waals surface area contributed by atoms with E-state index < -0.39 is 23.6 Å². The molecule has 1 aromatic rings. The van der Waals surface area contributed by atoms with Crippen molar-refractivity contribution in [2.24, 2.45) is 5.73 Å². The minimum Gasteiger partial charge on any atom is -0.491 e. The molecule has 0 aliphatic carbocycles. The van der Waals surface area contributed by atoms with Crippen molar-refractivity contribution in [2.75, 3.05) is 19.8 Å². The monoisotopic (exact) mass is 375 g/mol. The molecule has 3 N–H and O–H groups in total. The number of carbonyl (C=O) groups excluding carboxylic acids is 2. The lowest BCUT2D eigenvalue weighted by Crippen LogP contribution is -2.58. The van der Waals surface area contributed by atoms with Gasteiger partial charge in [-0.25, -0.2) is 9.59 Å². The minimum absolute atomic E-state index is 0. The summed E-state index contributed by atoms with van der Waals surface area (Å²) in [5.74, 6) is -1.26. The van der Waals surface area contributed by atoms with Gasteiger partial charge in [0.05, 0.1) is 19.3 Å². The Bertz CT molecular complexity index is 548. The second-order valence-electron chi connectivity index (χ2n) is 5.35. The van der Waals surface area contributed by atoms with Gasteiger partial charge in [-0.05, 0) is 32.4 Å². The second kappa shape index (κ2) is 10.9. The van der Waals surface area contributed by atoms with E-state index in [9.17, 15) is 14.7 Å². The fourth-order valence-electron chi connectivity index (χ4n) is 2.10. The van der Waals surface area contributed by atoms with Gasteiger partial charge >= 0.3 is 11.9 Å². The number of carbonyl (C=O) groups is 2. The topological polar surface area (TPSA) is 108 Å². The molecule has 0 aliphatic rings. The van der Waals surface area contributed by atoms with Crippen molar-refractivity contribution in [2.45, 2.75) is 38.8 Å². The SMILES string of the molecule is CCOC(=O)C(N)(CC(O)COc1ccccc1C)C(=O)OCC.Cl. The third-order valence-electron chi connectivity index (χ3n) is 3.36. The largest absolute Gasteiger partial charge is 0.491 e. The van der Waals surface area contributed by atoms with Gasteiger partial charge in [-0.15, -0.1) is 12.4 Å². The molecule has 0 saturated carbocycles. The molecule has 1 rings (SSSR count). The fourth-order valence-corrected chi connectivity index (χ4v) is 2.10. The van der Waals surface area contributed by atoms with Gasteiger partial charge in [0.25, 0.3) is 0 Å². The van der Waals surface area contributed by atoms with Crippen molar-refractivity contribution in [3.05, 3.63) is 29.8 Å². The van der Waals surface area contributed by atoms with Crippen LogP contribution in [0.25, 0.3) is 0 Å². The van der Waals surface area contributed by atoms with Crippen LogP contribution in [0.5, 0.6) is 5.75 Å². The summed E-state index contributed by atoms with van der Waals surface area (Å²) in [5.41, 5.74) is 4.73. The van der Waals surface area contributed by atoms with Gasteiger partial charge in [0, 0.05) is 6.42 Å². The summed E-state index contributed by atoms with van der Waals surface area (Å²) in [4.78, 5) is 24.1. The van der Waals surface area contributed by atoms with E-state index in [4.69, 9.17) is 19.9 Å². The maximum absolute atomic E-state index is 12.0. The number of benzene rings is 1. The number of hydrogen-bond acceptors (Lipinski definition) is 7. The Kier molecular flexibility index (Phi) is 10.1. The molecule has 1 unspecified atom stereocenters. The van der Waals surface area contributed by atoms with Crippen molar-refractivity contribution < 1.29 is 28.9 Å². The van der Waals surface area contributed by atoms with Gasteiger partial charge in [0.2, 0.25) is 5.54 Å². The molecular weight excluding hydrogens is 350 g/mol. The number of esters is 2. The highest BCUT2D eigenvalue weighted by molar-refractivity contribution is 6.04. The lowest BCUT2D eigenvalue weighted by atomic mass is 9.93. The summed E-state index contributed by atoms with van der Waals surface area (Å²) in [6.45, 7) is 5.07. The molecule has 0 fully saturated rings. The van der Waals surface area contributed by atoms with Crippen molar-refractivity contribution in [3.8, 4) is 5.75 Å². The third-order valence-corrected chi connectivity index (χ3v) is 3.36. The molecule has 8 heteroatoms. The van der Waals surface area contributed by atoms with Crippen molar-refractivity contribution in [1.29, 1.82) is 0 Å². The maximum Gasteiger partial charge on any atom is 0.337 e. The number of halogens is 1. The van der Waals surface area contributed by atoms with Crippen LogP contribution in [-0.2, 0) is 19.1 Å². The van der Waals surface area contributed by atoms with Crippen LogP contribution in [0.1, 0.15) is 25.8 Å². The lowest BCUT2D eigenvalue weighted by Gasteiger charge is -2.27. The first-order chi connectivity index (χ1) is 11.3.